The molecule has 0 amide bonds. The number of fused-ring (bicyclic) bond motifs is 1. The first kappa shape index (κ1) is 9.20. The van der Waals surface area contributed by atoms with Gasteiger partial charge < -0.3 is 4.79 Å². The summed E-state index contributed by atoms with van der Waals surface area (Å²) in [5.41, 5.74) is 0.475. The van der Waals surface area contributed by atoms with Gasteiger partial charge in [0.15, 0.2) is 0 Å². The molecule has 2 heteroatoms. The number of hydrogen-bond donors (Lipinski definition) is 0. The van der Waals surface area contributed by atoms with Gasteiger partial charge in [0.25, 0.3) is 0 Å². The number of rotatable bonds is 1. The molecular weight excluding hydrogens is 162 g/mol. The van der Waals surface area contributed by atoms with Crippen molar-refractivity contribution < 1.29 is 4.79 Å². The van der Waals surface area contributed by atoms with Gasteiger partial charge in [-0.15, -0.1) is 0 Å². The highest BCUT2D eigenvalue weighted by Crippen LogP contribution is 2.39. The smallest absolute Gasteiger partial charge is 0.123 e. The second-order valence-corrected chi connectivity index (χ2v) is 5.41. The Balaban J connectivity index is 2.01. The lowest BCUT2D eigenvalue weighted by atomic mass is 9.87. The third kappa shape index (κ3) is 1.78. The van der Waals surface area contributed by atoms with Crippen LogP contribution in [-0.2, 0) is 4.79 Å². The molecule has 0 saturated carbocycles. The summed E-state index contributed by atoms with van der Waals surface area (Å²) >= 11 is 0. The Morgan fingerprint density at radius 2 is 2.23 bits per heavy atom. The van der Waals surface area contributed by atoms with Crippen molar-refractivity contribution in [3.63, 3.8) is 0 Å². The van der Waals surface area contributed by atoms with E-state index >= 15 is 0 Å². The maximum atomic E-state index is 10.7. The molecule has 2 atom stereocenters. The summed E-state index contributed by atoms with van der Waals surface area (Å²) < 4.78 is 0. The number of carbonyl (C=O) groups excluding carboxylic acids is 1. The lowest BCUT2D eigenvalue weighted by Crippen LogP contribution is -2.38. The minimum atomic E-state index is 0.343. The summed E-state index contributed by atoms with van der Waals surface area (Å²) in [6.07, 6.45) is 4.61. The summed E-state index contributed by atoms with van der Waals surface area (Å²) in [4.78, 5) is 13.3. The summed E-state index contributed by atoms with van der Waals surface area (Å²) in [5, 5.41) is 0. The number of aldehydes is 1. The Morgan fingerprint density at radius 1 is 1.46 bits per heavy atom. The van der Waals surface area contributed by atoms with Gasteiger partial charge in [-0.3, -0.25) is 4.90 Å². The van der Waals surface area contributed by atoms with Crippen LogP contribution in [0.15, 0.2) is 0 Å². The normalized spacial score (nSPS) is 38.6. The van der Waals surface area contributed by atoms with Gasteiger partial charge in [0, 0.05) is 18.5 Å². The minimum Gasteiger partial charge on any atom is -0.303 e. The second kappa shape index (κ2) is 3.09. The van der Waals surface area contributed by atoms with Gasteiger partial charge in [-0.1, -0.05) is 13.8 Å². The van der Waals surface area contributed by atoms with Crippen LogP contribution in [0.2, 0.25) is 0 Å². The fraction of sp³-hybridized carbons (Fsp3) is 0.909. The van der Waals surface area contributed by atoms with Crippen LogP contribution in [0.1, 0.15) is 33.1 Å². The summed E-state index contributed by atoms with van der Waals surface area (Å²) in [7, 11) is 0. The van der Waals surface area contributed by atoms with E-state index in [-0.39, 0.29) is 0 Å². The average molecular weight is 181 g/mol. The first-order valence-corrected chi connectivity index (χ1v) is 5.30. The van der Waals surface area contributed by atoms with Crippen LogP contribution < -0.4 is 0 Å². The fourth-order valence-corrected chi connectivity index (χ4v) is 2.93. The molecule has 2 aliphatic heterocycles. The molecule has 13 heavy (non-hydrogen) atoms. The Morgan fingerprint density at radius 3 is 2.92 bits per heavy atom. The Bertz CT molecular complexity index is 212. The number of nitrogens with zero attached hydrogens (tertiary/aromatic N) is 1. The predicted molar refractivity (Wildman–Crippen MR) is 52.5 cm³/mol. The molecule has 74 valence electrons. The van der Waals surface area contributed by atoms with E-state index in [1.165, 1.54) is 13.0 Å². The van der Waals surface area contributed by atoms with Crippen molar-refractivity contribution in [2.45, 2.75) is 39.2 Å². The van der Waals surface area contributed by atoms with Gasteiger partial charge in [0.2, 0.25) is 0 Å². The van der Waals surface area contributed by atoms with Crippen LogP contribution in [0.25, 0.3) is 0 Å². The monoisotopic (exact) mass is 181 g/mol. The molecule has 2 fully saturated rings. The van der Waals surface area contributed by atoms with Gasteiger partial charge in [-0.05, 0) is 31.2 Å². The van der Waals surface area contributed by atoms with E-state index in [2.05, 4.69) is 18.7 Å². The minimum absolute atomic E-state index is 0.343. The van der Waals surface area contributed by atoms with Gasteiger partial charge in [0.1, 0.15) is 6.29 Å². The molecule has 0 aromatic carbocycles. The van der Waals surface area contributed by atoms with Crippen molar-refractivity contribution >= 4 is 6.29 Å². The van der Waals surface area contributed by atoms with E-state index in [4.69, 9.17) is 0 Å². The molecule has 0 aromatic rings. The van der Waals surface area contributed by atoms with E-state index in [1.807, 2.05) is 0 Å². The molecular formula is C11H19NO. The maximum Gasteiger partial charge on any atom is 0.123 e. The van der Waals surface area contributed by atoms with Crippen molar-refractivity contribution in [3.05, 3.63) is 0 Å². The van der Waals surface area contributed by atoms with Crippen molar-refractivity contribution in [2.24, 2.45) is 11.3 Å². The van der Waals surface area contributed by atoms with Crippen molar-refractivity contribution in [1.29, 1.82) is 0 Å². The second-order valence-electron chi connectivity index (χ2n) is 5.41. The first-order valence-electron chi connectivity index (χ1n) is 5.30. The average Bonchev–Trinajstić information content (AvgIpc) is 2.36. The number of piperidine rings is 1. The maximum absolute atomic E-state index is 10.7. The number of carbonyl (C=O) groups is 1. The van der Waals surface area contributed by atoms with E-state index in [0.29, 0.717) is 17.4 Å². The zero-order valence-electron chi connectivity index (χ0n) is 8.62. The van der Waals surface area contributed by atoms with Gasteiger partial charge in [0.05, 0.1) is 0 Å². The molecule has 2 nitrogen and oxygen atoms in total. The molecule has 2 heterocycles. The van der Waals surface area contributed by atoms with Crippen LogP contribution in [0.3, 0.4) is 0 Å². The molecule has 2 aliphatic rings. The molecule has 1 unspecified atom stereocenters. The lowest BCUT2D eigenvalue weighted by molar-refractivity contribution is -0.112. The van der Waals surface area contributed by atoms with Crippen molar-refractivity contribution in [2.75, 3.05) is 13.1 Å². The van der Waals surface area contributed by atoms with Gasteiger partial charge in [-0.25, -0.2) is 0 Å². The third-order valence-corrected chi connectivity index (χ3v) is 3.49. The van der Waals surface area contributed by atoms with Crippen molar-refractivity contribution in [3.8, 4) is 0 Å². The molecule has 0 aliphatic carbocycles. The summed E-state index contributed by atoms with van der Waals surface area (Å²) in [5.74, 6) is 0.343. The Kier molecular flexibility index (Phi) is 2.18. The van der Waals surface area contributed by atoms with Crippen LogP contribution >= 0.6 is 0 Å². The van der Waals surface area contributed by atoms with Gasteiger partial charge >= 0.3 is 0 Å². The van der Waals surface area contributed by atoms with Crippen molar-refractivity contribution in [1.82, 2.24) is 4.90 Å². The van der Waals surface area contributed by atoms with E-state index in [9.17, 15) is 4.79 Å². The van der Waals surface area contributed by atoms with Crippen LogP contribution in [0.4, 0.5) is 0 Å². The first-order chi connectivity index (χ1) is 6.11. The highest BCUT2D eigenvalue weighted by molar-refractivity contribution is 5.53. The largest absolute Gasteiger partial charge is 0.303 e. The van der Waals surface area contributed by atoms with Crippen LogP contribution in [0.5, 0.6) is 0 Å². The quantitative estimate of drug-likeness (QED) is 0.574. The summed E-state index contributed by atoms with van der Waals surface area (Å²) in [6, 6.07) is 0.693. The fourth-order valence-electron chi connectivity index (χ4n) is 2.93. The van der Waals surface area contributed by atoms with E-state index < -0.39 is 0 Å². The van der Waals surface area contributed by atoms with Crippen LogP contribution in [0, 0.1) is 11.3 Å². The zero-order chi connectivity index (χ0) is 9.47. The highest BCUT2D eigenvalue weighted by atomic mass is 16.1. The lowest BCUT2D eigenvalue weighted by Gasteiger charge is -2.32. The SMILES string of the molecule is CC1(C)C[C@@H]2CC(C=O)CCN2C1. The summed E-state index contributed by atoms with van der Waals surface area (Å²) in [6.45, 7) is 7.03. The molecule has 0 N–H and O–H groups in total. The molecule has 2 saturated heterocycles. The van der Waals surface area contributed by atoms with E-state index in [0.717, 1.165) is 25.7 Å². The van der Waals surface area contributed by atoms with Crippen LogP contribution in [-0.4, -0.2) is 30.3 Å². The molecule has 0 aromatic heterocycles. The number of hydrogen-bond acceptors (Lipinski definition) is 2. The standard InChI is InChI=1S/C11H19NO/c1-11(2)6-10-5-9(7-13)3-4-12(10)8-11/h7,9-10H,3-6,8H2,1-2H3/t9?,10-/m0/s1. The van der Waals surface area contributed by atoms with E-state index in [1.54, 1.807) is 0 Å². The predicted octanol–water partition coefficient (Wildman–Crippen LogP) is 1.70. The molecule has 0 bridgehead atoms. The molecule has 0 radical (unpaired) electrons. The topological polar surface area (TPSA) is 20.3 Å². The highest BCUT2D eigenvalue weighted by Gasteiger charge is 2.40. The zero-order valence-corrected chi connectivity index (χ0v) is 8.62. The Labute approximate surface area is 80.3 Å². The van der Waals surface area contributed by atoms with Gasteiger partial charge in [-0.2, -0.15) is 0 Å². The molecule has 2 rings (SSSR count). The Hall–Kier alpha value is -0.370. The third-order valence-electron chi connectivity index (χ3n) is 3.49. The molecule has 0 spiro atoms.